The molecule has 1 aliphatic rings. The Bertz CT molecular complexity index is 1070. The standard InChI is InChI=1S/C23H28N4O2S/c1-3-27(22-14-15-25(17-22)19(2)20-10-6-4-7-11-20)30(28,29)23-16-24-26(18-23)21-12-8-5-9-13-21/h4-13,16,18-19,22H,3,14-15,17H2,1-2H3. The Hall–Kier alpha value is -2.48. The van der Waals surface area contributed by atoms with E-state index in [1.807, 2.05) is 55.5 Å². The molecule has 0 amide bonds. The SMILES string of the molecule is CCN(C1CCN(C(C)c2ccccc2)C1)S(=O)(=O)c1cnn(-c2ccccc2)c1. The van der Waals surface area contributed by atoms with E-state index in [-0.39, 0.29) is 17.0 Å². The van der Waals surface area contributed by atoms with Gasteiger partial charge in [0.15, 0.2) is 0 Å². The zero-order chi connectivity index (χ0) is 21.1. The molecule has 2 aromatic carbocycles. The van der Waals surface area contributed by atoms with Gasteiger partial charge in [-0.15, -0.1) is 0 Å². The van der Waals surface area contributed by atoms with Gasteiger partial charge in [0.1, 0.15) is 4.90 Å². The summed E-state index contributed by atoms with van der Waals surface area (Å²) in [4.78, 5) is 2.61. The second-order valence-corrected chi connectivity index (χ2v) is 9.58. The number of nitrogens with zero attached hydrogens (tertiary/aromatic N) is 4. The summed E-state index contributed by atoms with van der Waals surface area (Å²) in [6.45, 7) is 6.15. The maximum absolute atomic E-state index is 13.4. The van der Waals surface area contributed by atoms with Crippen molar-refractivity contribution in [3.8, 4) is 5.69 Å². The van der Waals surface area contributed by atoms with Gasteiger partial charge in [-0.1, -0.05) is 55.5 Å². The highest BCUT2D eigenvalue weighted by molar-refractivity contribution is 7.89. The van der Waals surface area contributed by atoms with Gasteiger partial charge in [0.05, 0.1) is 18.1 Å². The minimum Gasteiger partial charge on any atom is -0.295 e. The summed E-state index contributed by atoms with van der Waals surface area (Å²) in [6, 6.07) is 20.1. The van der Waals surface area contributed by atoms with Crippen molar-refractivity contribution in [3.63, 3.8) is 0 Å². The third kappa shape index (κ3) is 4.05. The molecule has 2 unspecified atom stereocenters. The lowest BCUT2D eigenvalue weighted by Crippen LogP contribution is -2.42. The zero-order valence-electron chi connectivity index (χ0n) is 17.4. The first-order chi connectivity index (χ1) is 14.5. The molecule has 2 heterocycles. The zero-order valence-corrected chi connectivity index (χ0v) is 18.2. The van der Waals surface area contributed by atoms with Crippen LogP contribution in [0.3, 0.4) is 0 Å². The molecular weight excluding hydrogens is 396 g/mol. The molecule has 6 nitrogen and oxygen atoms in total. The van der Waals surface area contributed by atoms with Crippen LogP contribution in [0, 0.1) is 0 Å². The molecule has 0 spiro atoms. The Morgan fingerprint density at radius 1 is 1.10 bits per heavy atom. The normalized spacial score (nSPS) is 18.7. The summed E-state index contributed by atoms with van der Waals surface area (Å²) in [5, 5.41) is 4.28. The van der Waals surface area contributed by atoms with Gasteiger partial charge in [0, 0.05) is 31.7 Å². The third-order valence-corrected chi connectivity index (χ3v) is 7.91. The van der Waals surface area contributed by atoms with E-state index in [2.05, 4.69) is 29.1 Å². The molecule has 3 aromatic rings. The van der Waals surface area contributed by atoms with Crippen LogP contribution in [0.5, 0.6) is 0 Å². The molecule has 1 aliphatic heterocycles. The molecule has 0 saturated carbocycles. The summed E-state index contributed by atoms with van der Waals surface area (Å²) < 4.78 is 30.0. The van der Waals surface area contributed by atoms with E-state index in [0.29, 0.717) is 6.54 Å². The van der Waals surface area contributed by atoms with Crippen LogP contribution in [0.4, 0.5) is 0 Å². The van der Waals surface area contributed by atoms with Crippen molar-refractivity contribution < 1.29 is 8.42 Å². The lowest BCUT2D eigenvalue weighted by atomic mass is 10.1. The number of para-hydroxylation sites is 1. The number of aromatic nitrogens is 2. The predicted octanol–water partition coefficient (Wildman–Crippen LogP) is 3.72. The molecule has 0 N–H and O–H groups in total. The average molecular weight is 425 g/mol. The van der Waals surface area contributed by atoms with Gasteiger partial charge in [0.2, 0.25) is 10.0 Å². The van der Waals surface area contributed by atoms with Crippen molar-refractivity contribution in [2.45, 2.75) is 37.2 Å². The first kappa shape index (κ1) is 20.8. The lowest BCUT2D eigenvalue weighted by molar-refractivity contribution is 0.239. The molecule has 7 heteroatoms. The van der Waals surface area contributed by atoms with Crippen LogP contribution in [0.1, 0.15) is 31.9 Å². The fourth-order valence-corrected chi connectivity index (χ4v) is 5.81. The summed E-state index contributed by atoms with van der Waals surface area (Å²) >= 11 is 0. The van der Waals surface area contributed by atoms with Crippen LogP contribution in [-0.2, 0) is 10.0 Å². The summed E-state index contributed by atoms with van der Waals surface area (Å²) in [6.07, 6.45) is 3.88. The third-order valence-electron chi connectivity index (χ3n) is 5.93. The smallest absolute Gasteiger partial charge is 0.246 e. The Labute approximate surface area is 178 Å². The van der Waals surface area contributed by atoms with Crippen molar-refractivity contribution in [3.05, 3.63) is 78.6 Å². The Balaban J connectivity index is 1.52. The van der Waals surface area contributed by atoms with Crippen LogP contribution in [0.2, 0.25) is 0 Å². The number of hydrogen-bond donors (Lipinski definition) is 0. The second kappa shape index (κ2) is 8.71. The monoisotopic (exact) mass is 424 g/mol. The lowest BCUT2D eigenvalue weighted by Gasteiger charge is -2.28. The van der Waals surface area contributed by atoms with E-state index in [1.54, 1.807) is 15.2 Å². The highest BCUT2D eigenvalue weighted by Gasteiger charge is 2.37. The Morgan fingerprint density at radius 3 is 2.43 bits per heavy atom. The van der Waals surface area contributed by atoms with Gasteiger partial charge >= 0.3 is 0 Å². The quantitative estimate of drug-likeness (QED) is 0.580. The van der Waals surface area contributed by atoms with E-state index < -0.39 is 10.0 Å². The number of rotatable bonds is 7. The van der Waals surface area contributed by atoms with Gasteiger partial charge in [0.25, 0.3) is 0 Å². The molecule has 2 atom stereocenters. The Morgan fingerprint density at radius 2 is 1.77 bits per heavy atom. The van der Waals surface area contributed by atoms with Crippen LogP contribution in [-0.4, -0.2) is 53.1 Å². The van der Waals surface area contributed by atoms with Crippen LogP contribution < -0.4 is 0 Å². The summed E-state index contributed by atoms with van der Waals surface area (Å²) in [5.41, 5.74) is 2.10. The molecule has 158 valence electrons. The number of sulfonamides is 1. The van der Waals surface area contributed by atoms with E-state index in [1.165, 1.54) is 11.8 Å². The average Bonchev–Trinajstić information content (AvgIpc) is 3.46. The van der Waals surface area contributed by atoms with Crippen LogP contribution >= 0.6 is 0 Å². The summed E-state index contributed by atoms with van der Waals surface area (Å²) in [7, 11) is -3.61. The second-order valence-electron chi connectivity index (χ2n) is 7.69. The van der Waals surface area contributed by atoms with Gasteiger partial charge in [-0.05, 0) is 31.0 Å². The minimum atomic E-state index is -3.61. The van der Waals surface area contributed by atoms with Crippen molar-refractivity contribution in [1.29, 1.82) is 0 Å². The molecule has 0 bridgehead atoms. The molecule has 4 rings (SSSR count). The van der Waals surface area contributed by atoms with Gasteiger partial charge < -0.3 is 0 Å². The van der Waals surface area contributed by atoms with E-state index in [9.17, 15) is 8.42 Å². The largest absolute Gasteiger partial charge is 0.295 e. The number of likely N-dealkylation sites (N-methyl/N-ethyl adjacent to an activating group) is 1. The first-order valence-corrected chi connectivity index (χ1v) is 11.9. The van der Waals surface area contributed by atoms with Gasteiger partial charge in [-0.3, -0.25) is 4.90 Å². The molecule has 1 fully saturated rings. The van der Waals surface area contributed by atoms with E-state index in [4.69, 9.17) is 0 Å². The van der Waals surface area contributed by atoms with Gasteiger partial charge in [-0.25, -0.2) is 13.1 Å². The highest BCUT2D eigenvalue weighted by atomic mass is 32.2. The molecule has 1 saturated heterocycles. The Kier molecular flexibility index (Phi) is 6.04. The van der Waals surface area contributed by atoms with Crippen molar-refractivity contribution in [1.82, 2.24) is 19.0 Å². The van der Waals surface area contributed by atoms with E-state index >= 15 is 0 Å². The molecular formula is C23H28N4O2S. The molecule has 30 heavy (non-hydrogen) atoms. The maximum atomic E-state index is 13.4. The maximum Gasteiger partial charge on any atom is 0.246 e. The fraction of sp³-hybridized carbons (Fsp3) is 0.348. The first-order valence-electron chi connectivity index (χ1n) is 10.4. The number of likely N-dealkylation sites (tertiary alicyclic amines) is 1. The highest BCUT2D eigenvalue weighted by Crippen LogP contribution is 2.29. The van der Waals surface area contributed by atoms with Crippen molar-refractivity contribution >= 4 is 10.0 Å². The number of hydrogen-bond acceptors (Lipinski definition) is 4. The van der Waals surface area contributed by atoms with E-state index in [0.717, 1.165) is 25.2 Å². The molecule has 1 aromatic heterocycles. The summed E-state index contributed by atoms with van der Waals surface area (Å²) in [5.74, 6) is 0. The number of benzene rings is 2. The van der Waals surface area contributed by atoms with Crippen molar-refractivity contribution in [2.24, 2.45) is 0 Å². The fourth-order valence-electron chi connectivity index (χ4n) is 4.22. The minimum absolute atomic E-state index is 0.0359. The van der Waals surface area contributed by atoms with Crippen molar-refractivity contribution in [2.75, 3.05) is 19.6 Å². The topological polar surface area (TPSA) is 58.4 Å². The van der Waals surface area contributed by atoms with Crippen LogP contribution in [0.25, 0.3) is 5.69 Å². The molecule has 0 radical (unpaired) electrons. The van der Waals surface area contributed by atoms with Gasteiger partial charge in [-0.2, -0.15) is 9.40 Å². The van der Waals surface area contributed by atoms with Crippen LogP contribution in [0.15, 0.2) is 78.0 Å². The predicted molar refractivity (Wildman–Crippen MR) is 118 cm³/mol. The molecule has 0 aliphatic carbocycles.